The molecule has 0 saturated carbocycles. The summed E-state index contributed by atoms with van der Waals surface area (Å²) in [5, 5.41) is 7.99. The number of aryl methyl sites for hydroxylation is 1. The zero-order chi connectivity index (χ0) is 23.3. The Kier molecular flexibility index (Phi) is 7.17. The third-order valence-electron chi connectivity index (χ3n) is 4.57. The van der Waals surface area contributed by atoms with Crippen LogP contribution in [0, 0.1) is 6.92 Å². The van der Waals surface area contributed by atoms with E-state index in [0.717, 1.165) is 34.0 Å². The SMILES string of the molecule is C=Cc1cc(-c2cnc3ccc(Nc4ccc(OC)c(OC)c4)nn23)[nH]c1C.CN(C)C. The van der Waals surface area contributed by atoms with Crippen LogP contribution in [0.15, 0.2) is 49.2 Å². The minimum Gasteiger partial charge on any atom is -0.493 e. The molecule has 0 spiro atoms. The van der Waals surface area contributed by atoms with Gasteiger partial charge >= 0.3 is 0 Å². The molecule has 0 saturated heterocycles. The van der Waals surface area contributed by atoms with E-state index < -0.39 is 0 Å². The summed E-state index contributed by atoms with van der Waals surface area (Å²) in [5.74, 6) is 2.01. The standard InChI is InChI=1S/C21H21N5O2.C3H9N/c1-5-14-10-16(23-13(14)2)17-12-22-21-9-8-20(25-26(17)21)24-15-6-7-18(27-3)19(11-15)28-4;1-4(2)3/h5-12,23H,1H2,2-4H3,(H,24,25);1-3H3. The van der Waals surface area contributed by atoms with Crippen molar-refractivity contribution in [1.82, 2.24) is 24.5 Å². The Labute approximate surface area is 188 Å². The lowest BCUT2D eigenvalue weighted by molar-refractivity contribution is 0.355. The molecule has 0 atom stereocenters. The topological polar surface area (TPSA) is 79.7 Å². The Morgan fingerprint density at radius 3 is 2.41 bits per heavy atom. The Balaban J connectivity index is 0.000000668. The molecule has 8 heteroatoms. The largest absolute Gasteiger partial charge is 0.493 e. The molecular weight excluding hydrogens is 404 g/mol. The molecule has 3 heterocycles. The molecule has 1 aromatic carbocycles. The van der Waals surface area contributed by atoms with Gasteiger partial charge in [-0.3, -0.25) is 0 Å². The second-order valence-corrected chi connectivity index (χ2v) is 7.64. The van der Waals surface area contributed by atoms with Crippen LogP contribution in [0.2, 0.25) is 0 Å². The zero-order valence-electron chi connectivity index (χ0n) is 19.4. The number of imidazole rings is 1. The second kappa shape index (κ2) is 10.0. The molecule has 32 heavy (non-hydrogen) atoms. The highest BCUT2D eigenvalue weighted by Crippen LogP contribution is 2.31. The van der Waals surface area contributed by atoms with Crippen molar-refractivity contribution in [2.24, 2.45) is 0 Å². The lowest BCUT2D eigenvalue weighted by Gasteiger charge is -2.11. The van der Waals surface area contributed by atoms with Gasteiger partial charge in [-0.15, -0.1) is 5.10 Å². The number of aromatic amines is 1. The minimum absolute atomic E-state index is 0.649. The number of rotatable bonds is 6. The van der Waals surface area contributed by atoms with Crippen LogP contribution in [0.4, 0.5) is 11.5 Å². The first-order valence-electron chi connectivity index (χ1n) is 10.1. The van der Waals surface area contributed by atoms with Crippen molar-refractivity contribution in [3.05, 3.63) is 60.4 Å². The maximum Gasteiger partial charge on any atom is 0.162 e. The molecule has 168 valence electrons. The molecule has 0 aliphatic rings. The minimum atomic E-state index is 0.649. The molecular formula is C24H30N6O2. The average Bonchev–Trinajstić information content (AvgIpc) is 3.35. The quantitative estimate of drug-likeness (QED) is 0.461. The first kappa shape index (κ1) is 22.9. The van der Waals surface area contributed by atoms with Gasteiger partial charge in [0.1, 0.15) is 5.69 Å². The molecule has 0 radical (unpaired) electrons. The normalized spacial score (nSPS) is 10.6. The summed E-state index contributed by atoms with van der Waals surface area (Å²) in [5.41, 5.74) is 5.54. The maximum atomic E-state index is 5.36. The molecule has 0 amide bonds. The van der Waals surface area contributed by atoms with Crippen LogP contribution in [0.25, 0.3) is 23.1 Å². The van der Waals surface area contributed by atoms with E-state index in [9.17, 15) is 0 Å². The molecule has 0 aliphatic heterocycles. The number of hydrogen-bond acceptors (Lipinski definition) is 6. The van der Waals surface area contributed by atoms with Crippen LogP contribution < -0.4 is 14.8 Å². The number of methoxy groups -OCH3 is 2. The van der Waals surface area contributed by atoms with Crippen molar-refractivity contribution >= 4 is 23.2 Å². The van der Waals surface area contributed by atoms with Crippen molar-refractivity contribution in [2.45, 2.75) is 6.92 Å². The summed E-state index contributed by atoms with van der Waals surface area (Å²) < 4.78 is 12.5. The van der Waals surface area contributed by atoms with Crippen LogP contribution in [0.5, 0.6) is 11.5 Å². The van der Waals surface area contributed by atoms with E-state index in [1.54, 1.807) is 24.9 Å². The number of nitrogens with one attached hydrogen (secondary N) is 2. The Bertz CT molecular complexity index is 1210. The van der Waals surface area contributed by atoms with E-state index in [-0.39, 0.29) is 0 Å². The monoisotopic (exact) mass is 434 g/mol. The van der Waals surface area contributed by atoms with E-state index in [0.29, 0.717) is 17.3 Å². The van der Waals surface area contributed by atoms with Gasteiger partial charge in [-0.2, -0.15) is 0 Å². The summed E-state index contributed by atoms with van der Waals surface area (Å²) in [6.07, 6.45) is 3.64. The van der Waals surface area contributed by atoms with Crippen molar-refractivity contribution in [3.8, 4) is 22.9 Å². The van der Waals surface area contributed by atoms with Crippen molar-refractivity contribution < 1.29 is 9.47 Å². The highest BCUT2D eigenvalue weighted by molar-refractivity contribution is 5.67. The molecule has 0 unspecified atom stereocenters. The number of ether oxygens (including phenoxy) is 2. The smallest absolute Gasteiger partial charge is 0.162 e. The fourth-order valence-corrected chi connectivity index (χ4v) is 3.11. The van der Waals surface area contributed by atoms with Gasteiger partial charge < -0.3 is 24.7 Å². The second-order valence-electron chi connectivity index (χ2n) is 7.64. The molecule has 2 N–H and O–H groups in total. The molecule has 0 fully saturated rings. The van der Waals surface area contributed by atoms with Gasteiger partial charge in [-0.05, 0) is 64.0 Å². The number of aromatic nitrogens is 4. The van der Waals surface area contributed by atoms with Crippen molar-refractivity contribution in [3.63, 3.8) is 0 Å². The lowest BCUT2D eigenvalue weighted by Crippen LogP contribution is -2.01. The van der Waals surface area contributed by atoms with Crippen molar-refractivity contribution in [2.75, 3.05) is 40.7 Å². The van der Waals surface area contributed by atoms with E-state index in [1.165, 1.54) is 0 Å². The Hall–Kier alpha value is -3.78. The number of H-pyrrole nitrogens is 1. The summed E-state index contributed by atoms with van der Waals surface area (Å²) in [6, 6.07) is 11.5. The highest BCUT2D eigenvalue weighted by Gasteiger charge is 2.12. The highest BCUT2D eigenvalue weighted by atomic mass is 16.5. The average molecular weight is 435 g/mol. The molecule has 0 aliphatic carbocycles. The molecule has 3 aromatic heterocycles. The van der Waals surface area contributed by atoms with Crippen LogP contribution in [-0.2, 0) is 0 Å². The summed E-state index contributed by atoms with van der Waals surface area (Å²) >= 11 is 0. The van der Waals surface area contributed by atoms with Crippen LogP contribution in [-0.4, -0.2) is 59.8 Å². The van der Waals surface area contributed by atoms with Crippen molar-refractivity contribution in [1.29, 1.82) is 0 Å². The predicted octanol–water partition coefficient (Wildman–Crippen LogP) is 4.61. The van der Waals surface area contributed by atoms with Gasteiger partial charge in [0.25, 0.3) is 0 Å². The molecule has 0 bridgehead atoms. The summed E-state index contributed by atoms with van der Waals surface area (Å²) in [7, 11) is 9.22. The summed E-state index contributed by atoms with van der Waals surface area (Å²) in [6.45, 7) is 5.86. The Morgan fingerprint density at radius 2 is 1.78 bits per heavy atom. The third kappa shape index (κ3) is 5.09. The first-order chi connectivity index (χ1) is 15.4. The van der Waals surface area contributed by atoms with Gasteiger partial charge in [0.2, 0.25) is 0 Å². The number of hydrogen-bond donors (Lipinski definition) is 2. The zero-order valence-corrected chi connectivity index (χ0v) is 19.4. The van der Waals surface area contributed by atoms with Gasteiger partial charge in [0, 0.05) is 17.4 Å². The lowest BCUT2D eigenvalue weighted by atomic mass is 10.2. The third-order valence-corrected chi connectivity index (χ3v) is 4.57. The first-order valence-corrected chi connectivity index (χ1v) is 10.1. The van der Waals surface area contributed by atoms with E-state index in [1.807, 2.05) is 75.4 Å². The van der Waals surface area contributed by atoms with Gasteiger partial charge in [0.05, 0.1) is 26.1 Å². The maximum absolute atomic E-state index is 5.36. The van der Waals surface area contributed by atoms with Gasteiger partial charge in [-0.25, -0.2) is 9.50 Å². The van der Waals surface area contributed by atoms with Gasteiger partial charge in [-0.1, -0.05) is 12.7 Å². The number of benzene rings is 1. The van der Waals surface area contributed by atoms with E-state index in [4.69, 9.17) is 14.6 Å². The fraction of sp³-hybridized carbons (Fsp3) is 0.250. The van der Waals surface area contributed by atoms with Gasteiger partial charge in [0.15, 0.2) is 23.0 Å². The molecule has 4 aromatic rings. The predicted molar refractivity (Wildman–Crippen MR) is 130 cm³/mol. The Morgan fingerprint density at radius 1 is 1.06 bits per heavy atom. The number of nitrogens with zero attached hydrogens (tertiary/aromatic N) is 4. The number of anilines is 2. The van der Waals surface area contributed by atoms with Crippen LogP contribution >= 0.6 is 0 Å². The van der Waals surface area contributed by atoms with Crippen LogP contribution in [0.1, 0.15) is 11.3 Å². The summed E-state index contributed by atoms with van der Waals surface area (Å²) in [4.78, 5) is 9.81. The fourth-order valence-electron chi connectivity index (χ4n) is 3.11. The van der Waals surface area contributed by atoms with Crippen LogP contribution in [0.3, 0.4) is 0 Å². The van der Waals surface area contributed by atoms with E-state index >= 15 is 0 Å². The van der Waals surface area contributed by atoms with E-state index in [2.05, 4.69) is 21.9 Å². The number of fused-ring (bicyclic) bond motifs is 1. The molecule has 4 rings (SSSR count). The molecule has 8 nitrogen and oxygen atoms in total.